The number of halogens is 2. The van der Waals surface area contributed by atoms with Crippen molar-refractivity contribution in [1.29, 1.82) is 0 Å². The van der Waals surface area contributed by atoms with E-state index in [1.807, 2.05) is 25.1 Å². The molecule has 2 rings (SSSR count). The Kier molecular flexibility index (Phi) is 4.93. The first-order valence-electron chi connectivity index (χ1n) is 6.14. The van der Waals surface area contributed by atoms with Gasteiger partial charge in [0, 0.05) is 23.0 Å². The van der Waals surface area contributed by atoms with Gasteiger partial charge in [0.15, 0.2) is 0 Å². The molecule has 0 aliphatic heterocycles. The molecule has 1 aromatic carbocycles. The van der Waals surface area contributed by atoms with Crippen molar-refractivity contribution in [1.82, 2.24) is 9.97 Å². The maximum absolute atomic E-state index is 4.48. The number of hydrogen-bond acceptors (Lipinski definition) is 3. The predicted molar refractivity (Wildman–Crippen MR) is 85.3 cm³/mol. The third-order valence-electron chi connectivity index (χ3n) is 2.77. The van der Waals surface area contributed by atoms with Gasteiger partial charge in [-0.2, -0.15) is 0 Å². The molecule has 1 atom stereocenters. The Morgan fingerprint density at radius 1 is 1.21 bits per heavy atom. The average molecular weight is 385 g/mol. The lowest BCUT2D eigenvalue weighted by Crippen LogP contribution is -2.09. The number of nitrogens with zero attached hydrogens (tertiary/aromatic N) is 2. The summed E-state index contributed by atoms with van der Waals surface area (Å²) in [6, 6.07) is 10.3. The zero-order valence-corrected chi connectivity index (χ0v) is 14.0. The largest absolute Gasteiger partial charge is 0.363 e. The number of benzene rings is 1. The molecule has 0 fully saturated rings. The van der Waals surface area contributed by atoms with E-state index >= 15 is 0 Å². The molecule has 1 heterocycles. The molecule has 3 nitrogen and oxygen atoms in total. The molecule has 1 aromatic heterocycles. The number of anilines is 1. The van der Waals surface area contributed by atoms with Crippen molar-refractivity contribution in [3.63, 3.8) is 0 Å². The van der Waals surface area contributed by atoms with Crippen LogP contribution in [-0.2, 0) is 6.42 Å². The molecular formula is C14H15Br2N3. The third-order valence-corrected chi connectivity index (χ3v) is 3.67. The fraction of sp³-hybridized carbons (Fsp3) is 0.286. The van der Waals surface area contributed by atoms with Gasteiger partial charge in [0.2, 0.25) is 0 Å². The quantitative estimate of drug-likeness (QED) is 0.773. The number of nitrogens with one attached hydrogen (secondary N) is 1. The Morgan fingerprint density at radius 3 is 2.68 bits per heavy atom. The summed E-state index contributed by atoms with van der Waals surface area (Å²) < 4.78 is 1.89. The van der Waals surface area contributed by atoms with Gasteiger partial charge < -0.3 is 5.32 Å². The van der Waals surface area contributed by atoms with E-state index in [0.717, 1.165) is 27.1 Å². The monoisotopic (exact) mass is 383 g/mol. The van der Waals surface area contributed by atoms with E-state index < -0.39 is 0 Å². The van der Waals surface area contributed by atoms with Gasteiger partial charge >= 0.3 is 0 Å². The lowest BCUT2D eigenvalue weighted by atomic mass is 10.1. The summed E-state index contributed by atoms with van der Waals surface area (Å²) >= 11 is 6.90. The number of aromatic nitrogens is 2. The number of rotatable bonds is 4. The Morgan fingerprint density at radius 2 is 2.00 bits per heavy atom. The molecule has 0 bridgehead atoms. The smallest absolute Gasteiger partial charge is 0.131 e. The van der Waals surface area contributed by atoms with Crippen molar-refractivity contribution in [2.24, 2.45) is 0 Å². The summed E-state index contributed by atoms with van der Waals surface area (Å²) in [5.41, 5.74) is 1.21. The highest BCUT2D eigenvalue weighted by molar-refractivity contribution is 9.10. The number of aryl methyl sites for hydroxylation is 1. The van der Waals surface area contributed by atoms with Gasteiger partial charge in [-0.3, -0.25) is 0 Å². The van der Waals surface area contributed by atoms with Crippen LogP contribution in [0.2, 0.25) is 0 Å². The Balaban J connectivity index is 2.18. The first kappa shape index (κ1) is 14.5. The fourth-order valence-corrected chi connectivity index (χ4v) is 2.62. The zero-order valence-electron chi connectivity index (χ0n) is 10.8. The Labute approximate surface area is 130 Å². The topological polar surface area (TPSA) is 37.8 Å². The molecule has 0 aliphatic rings. The minimum Gasteiger partial charge on any atom is -0.363 e. The van der Waals surface area contributed by atoms with Crippen molar-refractivity contribution in [2.75, 3.05) is 5.32 Å². The zero-order chi connectivity index (χ0) is 13.8. The summed E-state index contributed by atoms with van der Waals surface area (Å²) in [7, 11) is 0. The molecule has 0 radical (unpaired) electrons. The van der Waals surface area contributed by atoms with Crippen LogP contribution in [0.15, 0.2) is 39.4 Å². The first-order chi connectivity index (χ1) is 9.08. The second-order valence-electron chi connectivity index (χ2n) is 4.27. The van der Waals surface area contributed by atoms with Crippen LogP contribution in [0, 0.1) is 0 Å². The molecule has 0 saturated heterocycles. The normalized spacial score (nSPS) is 12.2. The van der Waals surface area contributed by atoms with E-state index in [4.69, 9.17) is 0 Å². The van der Waals surface area contributed by atoms with Crippen molar-refractivity contribution in [3.05, 3.63) is 50.8 Å². The molecule has 19 heavy (non-hydrogen) atoms. The van der Waals surface area contributed by atoms with Gasteiger partial charge in [-0.25, -0.2) is 9.97 Å². The molecule has 1 unspecified atom stereocenters. The summed E-state index contributed by atoms with van der Waals surface area (Å²) in [4.78, 5) is 8.78. The van der Waals surface area contributed by atoms with E-state index in [1.54, 1.807) is 0 Å². The van der Waals surface area contributed by atoms with Crippen molar-refractivity contribution >= 4 is 37.7 Å². The summed E-state index contributed by atoms with van der Waals surface area (Å²) in [6.07, 6.45) is 0.819. The van der Waals surface area contributed by atoms with E-state index in [2.05, 4.69) is 66.2 Å². The van der Waals surface area contributed by atoms with Gasteiger partial charge in [0.25, 0.3) is 0 Å². The van der Waals surface area contributed by atoms with E-state index in [0.29, 0.717) is 0 Å². The van der Waals surface area contributed by atoms with Crippen LogP contribution < -0.4 is 5.32 Å². The van der Waals surface area contributed by atoms with E-state index in [9.17, 15) is 0 Å². The van der Waals surface area contributed by atoms with Crippen LogP contribution in [0.25, 0.3) is 0 Å². The molecular weight excluding hydrogens is 370 g/mol. The van der Waals surface area contributed by atoms with Crippen LogP contribution in [0.1, 0.15) is 31.3 Å². The van der Waals surface area contributed by atoms with E-state index in [1.165, 1.54) is 5.56 Å². The highest BCUT2D eigenvalue weighted by Crippen LogP contribution is 2.22. The molecule has 0 aliphatic carbocycles. The fourth-order valence-electron chi connectivity index (χ4n) is 1.78. The van der Waals surface area contributed by atoms with Crippen LogP contribution in [0.3, 0.4) is 0 Å². The van der Waals surface area contributed by atoms with Gasteiger partial charge in [-0.1, -0.05) is 35.0 Å². The van der Waals surface area contributed by atoms with Gasteiger partial charge in [-0.15, -0.1) is 0 Å². The van der Waals surface area contributed by atoms with Crippen LogP contribution >= 0.6 is 31.9 Å². The van der Waals surface area contributed by atoms with Crippen LogP contribution in [0.5, 0.6) is 0 Å². The predicted octanol–water partition coefficient (Wildman–Crippen LogP) is 4.74. The minimum absolute atomic E-state index is 0.184. The number of hydrogen-bond donors (Lipinski definition) is 1. The Hall–Kier alpha value is -0.940. The van der Waals surface area contributed by atoms with Crippen molar-refractivity contribution in [3.8, 4) is 0 Å². The average Bonchev–Trinajstić information content (AvgIpc) is 2.38. The second kappa shape index (κ2) is 6.48. The third kappa shape index (κ3) is 4.01. The molecule has 0 spiro atoms. The van der Waals surface area contributed by atoms with Crippen LogP contribution in [-0.4, -0.2) is 9.97 Å². The highest BCUT2D eigenvalue weighted by Gasteiger charge is 2.08. The lowest BCUT2D eigenvalue weighted by Gasteiger charge is -2.16. The lowest BCUT2D eigenvalue weighted by molar-refractivity contribution is 0.853. The first-order valence-corrected chi connectivity index (χ1v) is 7.72. The standard InChI is InChI=1S/C14H15Br2N3/c1-3-13-18-12(16)8-14(19-13)17-9(2)10-5-4-6-11(15)7-10/h4-9H,3H2,1-2H3,(H,17,18,19). The van der Waals surface area contributed by atoms with E-state index in [-0.39, 0.29) is 6.04 Å². The van der Waals surface area contributed by atoms with Crippen molar-refractivity contribution < 1.29 is 0 Å². The summed E-state index contributed by atoms with van der Waals surface area (Å²) in [5, 5.41) is 3.40. The molecule has 0 saturated carbocycles. The molecule has 5 heteroatoms. The summed E-state index contributed by atoms with van der Waals surface area (Å²) in [5.74, 6) is 1.67. The van der Waals surface area contributed by atoms with Crippen LogP contribution in [0.4, 0.5) is 5.82 Å². The maximum Gasteiger partial charge on any atom is 0.131 e. The second-order valence-corrected chi connectivity index (χ2v) is 5.99. The molecule has 2 aromatic rings. The molecule has 1 N–H and O–H groups in total. The SMILES string of the molecule is CCc1nc(Br)cc(NC(C)c2cccc(Br)c2)n1. The highest BCUT2D eigenvalue weighted by atomic mass is 79.9. The van der Waals surface area contributed by atoms with Gasteiger partial charge in [0.1, 0.15) is 16.2 Å². The van der Waals surface area contributed by atoms with Gasteiger partial charge in [0.05, 0.1) is 0 Å². The minimum atomic E-state index is 0.184. The Bertz CT molecular complexity index is 572. The maximum atomic E-state index is 4.48. The molecule has 0 amide bonds. The molecule has 100 valence electrons. The summed E-state index contributed by atoms with van der Waals surface area (Å²) in [6.45, 7) is 4.16. The van der Waals surface area contributed by atoms with Crippen molar-refractivity contribution in [2.45, 2.75) is 26.3 Å². The van der Waals surface area contributed by atoms with Gasteiger partial charge in [-0.05, 0) is 40.5 Å².